The van der Waals surface area contributed by atoms with E-state index in [0.717, 1.165) is 31.5 Å². The summed E-state index contributed by atoms with van der Waals surface area (Å²) >= 11 is 0. The molecule has 1 aromatic carbocycles. The molecule has 0 bridgehead atoms. The summed E-state index contributed by atoms with van der Waals surface area (Å²) in [5, 5.41) is 0. The Hall–Kier alpha value is -0.950. The average molecular weight is 297 g/mol. The predicted octanol–water partition coefficient (Wildman–Crippen LogP) is 1.08. The van der Waals surface area contributed by atoms with Gasteiger partial charge >= 0.3 is 0 Å². The first kappa shape index (κ1) is 15.4. The van der Waals surface area contributed by atoms with Gasteiger partial charge in [-0.05, 0) is 51.1 Å². The van der Waals surface area contributed by atoms with Gasteiger partial charge in [0.1, 0.15) is 0 Å². The van der Waals surface area contributed by atoms with Gasteiger partial charge in [0.05, 0.1) is 4.90 Å². The third-order valence-corrected chi connectivity index (χ3v) is 5.20. The normalized spacial score (nSPS) is 22.6. The highest BCUT2D eigenvalue weighted by atomic mass is 32.2. The molecule has 5 nitrogen and oxygen atoms in total. The number of sulfonamides is 1. The molecule has 2 atom stereocenters. The number of hydrogen-bond acceptors (Lipinski definition) is 4. The highest BCUT2D eigenvalue weighted by molar-refractivity contribution is 7.89. The van der Waals surface area contributed by atoms with Crippen LogP contribution in [0.1, 0.15) is 31.4 Å². The number of likely N-dealkylation sites (tertiary alicyclic amines) is 1. The molecule has 0 aliphatic carbocycles. The van der Waals surface area contributed by atoms with Crippen molar-refractivity contribution in [3.63, 3.8) is 0 Å². The van der Waals surface area contributed by atoms with E-state index in [1.807, 2.05) is 14.0 Å². The first-order chi connectivity index (χ1) is 9.38. The van der Waals surface area contributed by atoms with Crippen molar-refractivity contribution in [3.8, 4) is 0 Å². The van der Waals surface area contributed by atoms with Crippen LogP contribution in [-0.4, -0.2) is 39.5 Å². The van der Waals surface area contributed by atoms with Crippen molar-refractivity contribution in [1.82, 2.24) is 9.62 Å². The maximum Gasteiger partial charge on any atom is 0.240 e. The zero-order valence-corrected chi connectivity index (χ0v) is 12.9. The van der Waals surface area contributed by atoms with Crippen LogP contribution in [0, 0.1) is 0 Å². The third-order valence-electron chi connectivity index (χ3n) is 3.66. The van der Waals surface area contributed by atoms with Gasteiger partial charge in [-0.25, -0.2) is 13.1 Å². The lowest BCUT2D eigenvalue weighted by molar-refractivity contribution is 0.242. The Balaban J connectivity index is 2.09. The number of nitrogens with one attached hydrogen (secondary N) is 1. The number of benzene rings is 1. The van der Waals surface area contributed by atoms with E-state index >= 15 is 0 Å². The minimum absolute atomic E-state index is 0.00754. The fourth-order valence-electron chi connectivity index (χ4n) is 2.50. The van der Waals surface area contributed by atoms with Crippen LogP contribution in [0.4, 0.5) is 0 Å². The van der Waals surface area contributed by atoms with Crippen molar-refractivity contribution in [2.75, 3.05) is 20.1 Å². The lowest BCUT2D eigenvalue weighted by Gasteiger charge is -2.30. The van der Waals surface area contributed by atoms with E-state index in [0.29, 0.717) is 4.90 Å². The Morgan fingerprint density at radius 2 is 2.00 bits per heavy atom. The fraction of sp³-hybridized carbons (Fsp3) is 0.571. The molecule has 3 N–H and O–H groups in total. The number of nitrogens with two attached hydrogens (primary N) is 1. The van der Waals surface area contributed by atoms with E-state index in [1.165, 1.54) is 0 Å². The summed E-state index contributed by atoms with van der Waals surface area (Å²) in [4.78, 5) is 2.45. The molecule has 1 fully saturated rings. The third kappa shape index (κ3) is 3.79. The minimum Gasteiger partial charge on any atom is -0.324 e. The Labute approximate surface area is 121 Å². The summed E-state index contributed by atoms with van der Waals surface area (Å²) in [6.45, 7) is 3.66. The number of likely N-dealkylation sites (N-methyl/N-ethyl adjacent to an activating group) is 1. The van der Waals surface area contributed by atoms with Crippen molar-refractivity contribution in [2.24, 2.45) is 5.73 Å². The van der Waals surface area contributed by atoms with Crippen LogP contribution in [0.2, 0.25) is 0 Å². The van der Waals surface area contributed by atoms with Crippen molar-refractivity contribution in [2.45, 2.75) is 36.7 Å². The van der Waals surface area contributed by atoms with Crippen molar-refractivity contribution in [1.29, 1.82) is 0 Å². The Morgan fingerprint density at radius 1 is 1.35 bits per heavy atom. The fourth-order valence-corrected chi connectivity index (χ4v) is 3.76. The van der Waals surface area contributed by atoms with Gasteiger partial charge in [0, 0.05) is 18.6 Å². The van der Waals surface area contributed by atoms with Gasteiger partial charge in [0.2, 0.25) is 10.0 Å². The highest BCUT2D eigenvalue weighted by Crippen LogP contribution is 2.16. The molecule has 1 aliphatic heterocycles. The molecule has 0 saturated carbocycles. The molecular formula is C14H23N3O2S. The van der Waals surface area contributed by atoms with Crippen LogP contribution >= 0.6 is 0 Å². The molecule has 112 valence electrons. The zero-order valence-electron chi connectivity index (χ0n) is 12.0. The largest absolute Gasteiger partial charge is 0.324 e. The minimum atomic E-state index is -3.44. The summed E-state index contributed by atoms with van der Waals surface area (Å²) in [5.41, 5.74) is 6.70. The smallest absolute Gasteiger partial charge is 0.240 e. The van der Waals surface area contributed by atoms with E-state index < -0.39 is 10.0 Å². The first-order valence-corrected chi connectivity index (χ1v) is 8.43. The summed E-state index contributed by atoms with van der Waals surface area (Å²) in [6, 6.07) is 6.68. The Morgan fingerprint density at radius 3 is 2.55 bits per heavy atom. The van der Waals surface area contributed by atoms with Crippen LogP contribution in [-0.2, 0) is 10.0 Å². The standard InChI is InChI=1S/C14H23N3O2S/c1-11(15)12-5-7-14(8-6-12)20(18,19)16-13-4-3-9-17(2)10-13/h5-8,11,13,16H,3-4,9-10,15H2,1-2H3. The average Bonchev–Trinajstić information content (AvgIpc) is 2.38. The summed E-state index contributed by atoms with van der Waals surface area (Å²) in [5.74, 6) is 0. The number of rotatable bonds is 4. The van der Waals surface area contributed by atoms with E-state index in [2.05, 4.69) is 9.62 Å². The van der Waals surface area contributed by atoms with E-state index in [-0.39, 0.29) is 12.1 Å². The van der Waals surface area contributed by atoms with Gasteiger partial charge in [0.15, 0.2) is 0 Å². The summed E-state index contributed by atoms with van der Waals surface area (Å²) in [6.07, 6.45) is 1.91. The molecule has 0 spiro atoms. The molecule has 6 heteroatoms. The lowest BCUT2D eigenvalue weighted by Crippen LogP contribution is -2.46. The highest BCUT2D eigenvalue weighted by Gasteiger charge is 2.23. The number of nitrogens with zero attached hydrogens (tertiary/aromatic N) is 1. The Bertz CT molecular complexity index is 540. The molecule has 0 aromatic heterocycles. The monoisotopic (exact) mass is 297 g/mol. The maximum atomic E-state index is 12.3. The van der Waals surface area contributed by atoms with Crippen molar-refractivity contribution >= 4 is 10.0 Å². The maximum absolute atomic E-state index is 12.3. The van der Waals surface area contributed by atoms with Gasteiger partial charge in [-0.2, -0.15) is 0 Å². The second kappa shape index (κ2) is 6.22. The number of hydrogen-bond donors (Lipinski definition) is 2. The van der Waals surface area contributed by atoms with Gasteiger partial charge in [-0.15, -0.1) is 0 Å². The second-order valence-corrected chi connectivity index (χ2v) is 7.29. The molecular weight excluding hydrogens is 274 g/mol. The van der Waals surface area contributed by atoms with Crippen LogP contribution in [0.15, 0.2) is 29.2 Å². The van der Waals surface area contributed by atoms with Crippen LogP contribution < -0.4 is 10.5 Å². The van der Waals surface area contributed by atoms with E-state index in [9.17, 15) is 8.42 Å². The van der Waals surface area contributed by atoms with Gasteiger partial charge in [0.25, 0.3) is 0 Å². The summed E-state index contributed by atoms with van der Waals surface area (Å²) in [7, 11) is -1.43. The second-order valence-electron chi connectivity index (χ2n) is 5.58. The number of piperidine rings is 1. The molecule has 2 rings (SSSR count). The van der Waals surface area contributed by atoms with Gasteiger partial charge < -0.3 is 10.6 Å². The molecule has 2 unspecified atom stereocenters. The predicted molar refractivity (Wildman–Crippen MR) is 79.9 cm³/mol. The molecule has 1 aromatic rings. The zero-order chi connectivity index (χ0) is 14.8. The topological polar surface area (TPSA) is 75.4 Å². The molecule has 0 radical (unpaired) electrons. The van der Waals surface area contributed by atoms with Crippen molar-refractivity contribution < 1.29 is 8.42 Å². The quantitative estimate of drug-likeness (QED) is 0.872. The molecule has 1 heterocycles. The first-order valence-electron chi connectivity index (χ1n) is 6.95. The Kier molecular flexibility index (Phi) is 4.80. The lowest BCUT2D eigenvalue weighted by atomic mass is 10.1. The van der Waals surface area contributed by atoms with Crippen molar-refractivity contribution in [3.05, 3.63) is 29.8 Å². The summed E-state index contributed by atoms with van der Waals surface area (Å²) < 4.78 is 27.4. The molecule has 1 aliphatic rings. The van der Waals surface area contributed by atoms with Gasteiger partial charge in [-0.3, -0.25) is 0 Å². The van der Waals surface area contributed by atoms with Crippen LogP contribution in [0.25, 0.3) is 0 Å². The molecule has 20 heavy (non-hydrogen) atoms. The molecule has 1 saturated heterocycles. The van der Waals surface area contributed by atoms with Gasteiger partial charge in [-0.1, -0.05) is 12.1 Å². The van der Waals surface area contributed by atoms with E-state index in [1.54, 1.807) is 24.3 Å². The van der Waals surface area contributed by atoms with Crippen LogP contribution in [0.5, 0.6) is 0 Å². The van der Waals surface area contributed by atoms with Crippen LogP contribution in [0.3, 0.4) is 0 Å². The molecule has 0 amide bonds. The SMILES string of the molecule is CC(N)c1ccc(S(=O)(=O)NC2CCCN(C)C2)cc1. The van der Waals surface area contributed by atoms with E-state index in [4.69, 9.17) is 5.73 Å².